The van der Waals surface area contributed by atoms with Gasteiger partial charge in [-0.15, -0.1) is 0 Å². The van der Waals surface area contributed by atoms with E-state index in [4.69, 9.17) is 4.74 Å². The fourth-order valence-electron chi connectivity index (χ4n) is 6.68. The molecule has 0 aromatic carbocycles. The van der Waals surface area contributed by atoms with Gasteiger partial charge in [0.1, 0.15) is 5.83 Å². The summed E-state index contributed by atoms with van der Waals surface area (Å²) in [6, 6.07) is 0. The molecular weight excluding hydrogens is 416 g/mol. The first-order valence-corrected chi connectivity index (χ1v) is 13.3. The first-order chi connectivity index (χ1) is 15.2. The van der Waals surface area contributed by atoms with Crippen LogP contribution in [0.15, 0.2) is 11.9 Å². The minimum absolute atomic E-state index is 0.155. The van der Waals surface area contributed by atoms with Crippen LogP contribution in [-0.4, -0.2) is 18.9 Å². The number of alkyl halides is 3. The summed E-state index contributed by atoms with van der Waals surface area (Å²) in [5.41, 5.74) is 0. The molecule has 3 atom stereocenters. The van der Waals surface area contributed by atoms with Gasteiger partial charge in [-0.2, -0.15) is 13.2 Å². The Kier molecular flexibility index (Phi) is 9.94. The zero-order chi connectivity index (χ0) is 23.1. The average Bonchev–Trinajstić information content (AvgIpc) is 2.77. The van der Waals surface area contributed by atoms with E-state index in [0.717, 1.165) is 43.6 Å². The van der Waals surface area contributed by atoms with Gasteiger partial charge in [-0.25, -0.2) is 4.39 Å². The fourth-order valence-corrected chi connectivity index (χ4v) is 6.68. The van der Waals surface area contributed by atoms with Gasteiger partial charge in [0, 0.05) is 12.5 Å². The van der Waals surface area contributed by atoms with Crippen LogP contribution in [0.4, 0.5) is 17.6 Å². The van der Waals surface area contributed by atoms with Crippen molar-refractivity contribution < 1.29 is 22.3 Å². The average molecular weight is 461 g/mol. The van der Waals surface area contributed by atoms with Crippen molar-refractivity contribution in [3.05, 3.63) is 11.9 Å². The maximum absolute atomic E-state index is 13.8. The molecule has 0 spiro atoms. The van der Waals surface area contributed by atoms with E-state index in [0.29, 0.717) is 24.7 Å². The molecule has 186 valence electrons. The van der Waals surface area contributed by atoms with Crippen molar-refractivity contribution in [2.24, 2.45) is 35.5 Å². The third-order valence-corrected chi connectivity index (χ3v) is 8.82. The fraction of sp³-hybridized carbons (Fsp3) is 0.926. The van der Waals surface area contributed by atoms with Crippen molar-refractivity contribution in [1.82, 2.24) is 0 Å². The van der Waals surface area contributed by atoms with Crippen LogP contribution in [0.1, 0.15) is 104 Å². The van der Waals surface area contributed by atoms with Crippen molar-refractivity contribution in [3.63, 3.8) is 0 Å². The first kappa shape index (κ1) is 26.0. The lowest BCUT2D eigenvalue weighted by Crippen LogP contribution is -2.34. The lowest BCUT2D eigenvalue weighted by molar-refractivity contribution is -0.0826. The number of rotatable bonds is 8. The van der Waals surface area contributed by atoms with Crippen LogP contribution in [0, 0.1) is 35.5 Å². The minimum Gasteiger partial charge on any atom is -0.378 e. The van der Waals surface area contributed by atoms with Gasteiger partial charge in [0.05, 0.1) is 12.2 Å². The maximum atomic E-state index is 13.8. The molecule has 0 amide bonds. The van der Waals surface area contributed by atoms with E-state index in [-0.39, 0.29) is 12.2 Å². The van der Waals surface area contributed by atoms with E-state index in [2.05, 4.69) is 13.8 Å². The molecule has 0 N–H and O–H groups in total. The third kappa shape index (κ3) is 8.02. The molecule has 1 nitrogen and oxygen atoms in total. The van der Waals surface area contributed by atoms with Crippen LogP contribution < -0.4 is 0 Å². The summed E-state index contributed by atoms with van der Waals surface area (Å²) in [5, 5.41) is 0. The first-order valence-electron chi connectivity index (χ1n) is 13.3. The monoisotopic (exact) mass is 460 g/mol. The SMILES string of the molecule is CCCC(C)C1CCC(CCC2CCC(C3CCC(/C(F)=C/C(F)(F)F)CC3)OC2)CC1. The highest BCUT2D eigenvalue weighted by molar-refractivity contribution is 5.03. The molecule has 3 aliphatic rings. The summed E-state index contributed by atoms with van der Waals surface area (Å²) in [6.07, 6.45) is 11.2. The van der Waals surface area contributed by atoms with Crippen LogP contribution in [0.3, 0.4) is 0 Å². The van der Waals surface area contributed by atoms with Crippen LogP contribution in [0.5, 0.6) is 0 Å². The normalized spacial score (nSPS) is 36.1. The van der Waals surface area contributed by atoms with Crippen LogP contribution in [0.2, 0.25) is 0 Å². The summed E-state index contributed by atoms with van der Waals surface area (Å²) in [4.78, 5) is 0. The molecule has 0 bridgehead atoms. The van der Waals surface area contributed by atoms with E-state index in [9.17, 15) is 17.6 Å². The highest BCUT2D eigenvalue weighted by Crippen LogP contribution is 2.41. The third-order valence-electron chi connectivity index (χ3n) is 8.82. The molecule has 3 fully saturated rings. The maximum Gasteiger partial charge on any atom is 0.412 e. The van der Waals surface area contributed by atoms with E-state index >= 15 is 0 Å². The molecule has 1 aliphatic heterocycles. The molecule has 1 saturated heterocycles. The van der Waals surface area contributed by atoms with E-state index in [1.165, 1.54) is 57.8 Å². The van der Waals surface area contributed by atoms with E-state index in [1.807, 2.05) is 0 Å². The van der Waals surface area contributed by atoms with Crippen molar-refractivity contribution in [2.75, 3.05) is 6.61 Å². The molecule has 2 saturated carbocycles. The summed E-state index contributed by atoms with van der Waals surface area (Å²) in [7, 11) is 0. The number of hydrogen-bond acceptors (Lipinski definition) is 1. The van der Waals surface area contributed by atoms with Crippen LogP contribution in [-0.2, 0) is 4.74 Å². The Labute approximate surface area is 192 Å². The lowest BCUT2D eigenvalue weighted by atomic mass is 9.73. The molecule has 32 heavy (non-hydrogen) atoms. The van der Waals surface area contributed by atoms with Gasteiger partial charge < -0.3 is 4.74 Å². The van der Waals surface area contributed by atoms with Crippen molar-refractivity contribution in [1.29, 1.82) is 0 Å². The quantitative estimate of drug-likeness (QED) is 0.328. The van der Waals surface area contributed by atoms with Gasteiger partial charge in [0.15, 0.2) is 0 Å². The number of ether oxygens (including phenoxy) is 1. The summed E-state index contributed by atoms with van der Waals surface area (Å²) < 4.78 is 57.2. The zero-order valence-corrected chi connectivity index (χ0v) is 20.1. The molecule has 5 heteroatoms. The van der Waals surface area contributed by atoms with Gasteiger partial charge in [-0.3, -0.25) is 0 Å². The molecule has 3 unspecified atom stereocenters. The Bertz CT molecular complexity index is 563. The molecule has 3 rings (SSSR count). The predicted octanol–water partition coefficient (Wildman–Crippen LogP) is 9.03. The Balaban J connectivity index is 1.30. The highest BCUT2D eigenvalue weighted by atomic mass is 19.4. The molecule has 1 heterocycles. The van der Waals surface area contributed by atoms with Crippen molar-refractivity contribution >= 4 is 0 Å². The molecule has 2 aliphatic carbocycles. The second kappa shape index (κ2) is 12.2. The van der Waals surface area contributed by atoms with Gasteiger partial charge in [0.25, 0.3) is 0 Å². The molecular formula is C27H44F4O. The Morgan fingerprint density at radius 3 is 2.09 bits per heavy atom. The van der Waals surface area contributed by atoms with E-state index < -0.39 is 17.9 Å². The summed E-state index contributed by atoms with van der Waals surface area (Å²) in [5.74, 6) is 2.21. The standard InChI is InChI=1S/C27H44F4O/c1-3-4-19(2)22-10-7-20(8-11-22)5-6-21-9-16-26(32-18-21)24-14-12-23(13-15-24)25(28)17-27(29,30)31/h17,19-24,26H,3-16,18H2,1-2H3/b25-17-. The minimum atomic E-state index is -4.56. The topological polar surface area (TPSA) is 9.23 Å². The van der Waals surface area contributed by atoms with Gasteiger partial charge in [-0.05, 0) is 87.4 Å². The number of hydrogen-bond donors (Lipinski definition) is 0. The number of allylic oxidation sites excluding steroid dienone is 2. The molecule has 0 radical (unpaired) electrons. The Morgan fingerprint density at radius 2 is 1.53 bits per heavy atom. The summed E-state index contributed by atoms with van der Waals surface area (Å²) in [6.45, 7) is 5.56. The summed E-state index contributed by atoms with van der Waals surface area (Å²) >= 11 is 0. The van der Waals surface area contributed by atoms with E-state index in [1.54, 1.807) is 0 Å². The van der Waals surface area contributed by atoms with Crippen molar-refractivity contribution in [2.45, 2.75) is 116 Å². The van der Waals surface area contributed by atoms with Crippen LogP contribution in [0.25, 0.3) is 0 Å². The molecule has 0 aromatic heterocycles. The Hall–Kier alpha value is -0.580. The van der Waals surface area contributed by atoms with Crippen LogP contribution >= 0.6 is 0 Å². The van der Waals surface area contributed by atoms with Gasteiger partial charge in [-0.1, -0.05) is 46.0 Å². The van der Waals surface area contributed by atoms with Gasteiger partial charge in [0.2, 0.25) is 0 Å². The second-order valence-electron chi connectivity index (χ2n) is 11.1. The second-order valence-corrected chi connectivity index (χ2v) is 11.1. The molecule has 0 aromatic rings. The van der Waals surface area contributed by atoms with Gasteiger partial charge >= 0.3 is 6.18 Å². The van der Waals surface area contributed by atoms with Crippen molar-refractivity contribution in [3.8, 4) is 0 Å². The Morgan fingerprint density at radius 1 is 0.906 bits per heavy atom. The highest BCUT2D eigenvalue weighted by Gasteiger charge is 2.35. The largest absolute Gasteiger partial charge is 0.412 e. The number of halogens is 4. The smallest absolute Gasteiger partial charge is 0.378 e. The zero-order valence-electron chi connectivity index (χ0n) is 20.1. The predicted molar refractivity (Wildman–Crippen MR) is 122 cm³/mol. The lowest BCUT2D eigenvalue weighted by Gasteiger charge is -2.38.